The number of halogens is 2. The molecule has 3 aromatic carbocycles. The molecule has 1 atom stereocenters. The van der Waals surface area contributed by atoms with Crippen molar-refractivity contribution in [2.45, 2.75) is 19.4 Å². The number of hydrogen-bond acceptors (Lipinski definition) is 3. The molecule has 1 N–H and O–H groups in total. The first-order chi connectivity index (χ1) is 15.5. The average molecular weight is 429 g/mol. The van der Waals surface area contributed by atoms with Gasteiger partial charge < -0.3 is 5.32 Å². The quantitative estimate of drug-likeness (QED) is 0.378. The number of aromatic nitrogens is 3. The highest BCUT2D eigenvalue weighted by Crippen LogP contribution is 2.32. The second kappa shape index (κ2) is 8.98. The average Bonchev–Trinajstić information content (AvgIpc) is 3.20. The monoisotopic (exact) mass is 429 g/mol. The Balaban J connectivity index is 1.83. The van der Waals surface area contributed by atoms with Gasteiger partial charge in [0.1, 0.15) is 23.4 Å². The van der Waals surface area contributed by atoms with Crippen LogP contribution in [0.2, 0.25) is 0 Å². The standard InChI is InChI=1S/C25H21F2N5/c1-4-16-9-8-12-18(13-16)22(29-23-20(26)14-19(28-2)15-21(23)27)25-30-24(31-32(25)3)17-10-6-5-7-11-17/h5-15,22,29H,4H2,1,3H3. The minimum Gasteiger partial charge on any atom is -0.367 e. The largest absolute Gasteiger partial charge is 0.367 e. The van der Waals surface area contributed by atoms with E-state index in [0.717, 1.165) is 35.2 Å². The van der Waals surface area contributed by atoms with E-state index in [1.54, 1.807) is 11.7 Å². The van der Waals surface area contributed by atoms with E-state index in [4.69, 9.17) is 11.6 Å². The Morgan fingerprint density at radius 2 is 1.75 bits per heavy atom. The van der Waals surface area contributed by atoms with Crippen LogP contribution in [0.1, 0.15) is 29.9 Å². The molecule has 5 nitrogen and oxygen atoms in total. The van der Waals surface area contributed by atoms with Gasteiger partial charge in [-0.15, -0.1) is 0 Å². The number of hydrogen-bond donors (Lipinski definition) is 1. The maximum atomic E-state index is 14.7. The summed E-state index contributed by atoms with van der Waals surface area (Å²) >= 11 is 0. The summed E-state index contributed by atoms with van der Waals surface area (Å²) in [5, 5.41) is 7.50. The fraction of sp³-hybridized carbons (Fsp3) is 0.160. The van der Waals surface area contributed by atoms with Gasteiger partial charge in [-0.25, -0.2) is 18.6 Å². The highest BCUT2D eigenvalue weighted by atomic mass is 19.1. The molecule has 1 heterocycles. The Morgan fingerprint density at radius 1 is 1.03 bits per heavy atom. The van der Waals surface area contributed by atoms with Gasteiger partial charge in [0.05, 0.1) is 6.57 Å². The summed E-state index contributed by atoms with van der Waals surface area (Å²) in [6.07, 6.45) is 0.817. The second-order valence-electron chi connectivity index (χ2n) is 7.36. The molecule has 7 heteroatoms. The van der Waals surface area contributed by atoms with Gasteiger partial charge >= 0.3 is 0 Å². The summed E-state index contributed by atoms with van der Waals surface area (Å²) in [6.45, 7) is 9.07. The summed E-state index contributed by atoms with van der Waals surface area (Å²) < 4.78 is 31.0. The van der Waals surface area contributed by atoms with Crippen molar-refractivity contribution in [1.82, 2.24) is 14.8 Å². The molecule has 0 saturated heterocycles. The van der Waals surface area contributed by atoms with Crippen molar-refractivity contribution in [2.24, 2.45) is 7.05 Å². The molecule has 0 fully saturated rings. The molecule has 0 aliphatic carbocycles. The molecule has 0 spiro atoms. The number of rotatable bonds is 6. The van der Waals surface area contributed by atoms with Gasteiger partial charge in [-0.3, -0.25) is 4.68 Å². The zero-order valence-electron chi connectivity index (χ0n) is 17.7. The Hall–Kier alpha value is -4.05. The van der Waals surface area contributed by atoms with Crippen LogP contribution >= 0.6 is 0 Å². The van der Waals surface area contributed by atoms with Gasteiger partial charge in [0.15, 0.2) is 17.3 Å². The van der Waals surface area contributed by atoms with E-state index >= 15 is 0 Å². The zero-order chi connectivity index (χ0) is 22.7. The molecule has 0 aliphatic rings. The van der Waals surface area contributed by atoms with Gasteiger partial charge in [0.2, 0.25) is 0 Å². The lowest BCUT2D eigenvalue weighted by Gasteiger charge is -2.21. The van der Waals surface area contributed by atoms with Gasteiger partial charge in [-0.1, -0.05) is 61.5 Å². The van der Waals surface area contributed by atoms with Crippen molar-refractivity contribution < 1.29 is 8.78 Å². The minimum atomic E-state index is -0.835. The van der Waals surface area contributed by atoms with Crippen LogP contribution in [0.5, 0.6) is 0 Å². The molecule has 32 heavy (non-hydrogen) atoms. The molecular formula is C25H21F2N5. The maximum Gasteiger partial charge on any atom is 0.193 e. The fourth-order valence-corrected chi connectivity index (χ4v) is 3.55. The third-order valence-electron chi connectivity index (χ3n) is 5.22. The zero-order valence-corrected chi connectivity index (χ0v) is 17.7. The van der Waals surface area contributed by atoms with Crippen LogP contribution in [0, 0.1) is 18.2 Å². The lowest BCUT2D eigenvalue weighted by molar-refractivity contribution is 0.583. The van der Waals surface area contributed by atoms with Crippen molar-refractivity contribution in [3.63, 3.8) is 0 Å². The summed E-state index contributed by atoms with van der Waals surface area (Å²) in [6, 6.07) is 18.7. The molecule has 0 aliphatic heterocycles. The van der Waals surface area contributed by atoms with E-state index in [-0.39, 0.29) is 11.4 Å². The molecule has 4 aromatic rings. The molecule has 0 radical (unpaired) electrons. The summed E-state index contributed by atoms with van der Waals surface area (Å²) in [5.41, 5.74) is 2.32. The van der Waals surface area contributed by atoms with Crippen molar-refractivity contribution >= 4 is 11.4 Å². The van der Waals surface area contributed by atoms with Crippen molar-refractivity contribution in [3.8, 4) is 11.4 Å². The molecule has 1 unspecified atom stereocenters. The van der Waals surface area contributed by atoms with Crippen LogP contribution in [0.3, 0.4) is 0 Å². The first-order valence-corrected chi connectivity index (χ1v) is 10.2. The van der Waals surface area contributed by atoms with E-state index in [2.05, 4.69) is 15.3 Å². The number of nitrogens with one attached hydrogen (secondary N) is 1. The molecule has 4 rings (SSSR count). The smallest absolute Gasteiger partial charge is 0.193 e. The van der Waals surface area contributed by atoms with Gasteiger partial charge in [0.25, 0.3) is 0 Å². The van der Waals surface area contributed by atoms with Crippen LogP contribution in [0.4, 0.5) is 20.2 Å². The van der Waals surface area contributed by atoms with E-state index in [0.29, 0.717) is 11.6 Å². The predicted octanol–water partition coefficient (Wildman–Crippen LogP) is 6.07. The Morgan fingerprint density at radius 3 is 2.41 bits per heavy atom. The van der Waals surface area contributed by atoms with Crippen molar-refractivity contribution in [2.75, 3.05) is 5.32 Å². The molecular weight excluding hydrogens is 408 g/mol. The molecule has 0 amide bonds. The highest BCUT2D eigenvalue weighted by molar-refractivity contribution is 5.59. The summed E-state index contributed by atoms with van der Waals surface area (Å²) in [7, 11) is 1.75. The first-order valence-electron chi connectivity index (χ1n) is 10.2. The van der Waals surface area contributed by atoms with E-state index in [1.165, 1.54) is 0 Å². The Bertz CT molecular complexity index is 1270. The van der Waals surface area contributed by atoms with Crippen molar-refractivity contribution in [1.29, 1.82) is 0 Å². The van der Waals surface area contributed by atoms with E-state index in [1.807, 2.05) is 61.5 Å². The number of nitrogens with zero attached hydrogens (tertiary/aromatic N) is 4. The Kier molecular flexibility index (Phi) is 5.95. The topological polar surface area (TPSA) is 47.1 Å². The van der Waals surface area contributed by atoms with Crippen LogP contribution in [-0.4, -0.2) is 14.8 Å². The number of aryl methyl sites for hydroxylation is 2. The summed E-state index contributed by atoms with van der Waals surface area (Å²) in [5.74, 6) is -0.646. The molecule has 1 aromatic heterocycles. The van der Waals surface area contributed by atoms with E-state index < -0.39 is 17.7 Å². The normalized spacial score (nSPS) is 11.7. The molecule has 0 bridgehead atoms. The van der Waals surface area contributed by atoms with E-state index in [9.17, 15) is 8.78 Å². The minimum absolute atomic E-state index is 0.0971. The van der Waals surface area contributed by atoms with Crippen LogP contribution < -0.4 is 5.32 Å². The highest BCUT2D eigenvalue weighted by Gasteiger charge is 2.24. The molecule has 0 saturated carbocycles. The lowest BCUT2D eigenvalue weighted by atomic mass is 10.0. The van der Waals surface area contributed by atoms with Gasteiger partial charge in [-0.05, 0) is 29.7 Å². The van der Waals surface area contributed by atoms with Crippen LogP contribution in [-0.2, 0) is 13.5 Å². The van der Waals surface area contributed by atoms with Crippen LogP contribution in [0.25, 0.3) is 16.2 Å². The number of benzene rings is 3. The Labute approximate surface area is 185 Å². The number of anilines is 1. The van der Waals surface area contributed by atoms with Crippen molar-refractivity contribution in [3.05, 3.63) is 107 Å². The SMILES string of the molecule is [C-]#[N+]c1cc(F)c(NC(c2cccc(CC)c2)c2nc(-c3ccccc3)nn2C)c(F)c1. The third kappa shape index (κ3) is 4.21. The van der Waals surface area contributed by atoms with Crippen LogP contribution in [0.15, 0.2) is 66.7 Å². The second-order valence-corrected chi connectivity index (χ2v) is 7.36. The van der Waals surface area contributed by atoms with Gasteiger partial charge in [0, 0.05) is 12.6 Å². The molecule has 160 valence electrons. The third-order valence-corrected chi connectivity index (χ3v) is 5.22. The first kappa shape index (κ1) is 21.2. The predicted molar refractivity (Wildman–Crippen MR) is 120 cm³/mol. The maximum absolute atomic E-state index is 14.7. The summed E-state index contributed by atoms with van der Waals surface area (Å²) in [4.78, 5) is 7.82. The lowest BCUT2D eigenvalue weighted by Crippen LogP contribution is -2.19. The fourth-order valence-electron chi connectivity index (χ4n) is 3.55. The van der Waals surface area contributed by atoms with Gasteiger partial charge in [-0.2, -0.15) is 5.10 Å².